The number of likely N-dealkylation sites (tertiary alicyclic amines) is 1. The molecule has 7 heteroatoms. The summed E-state index contributed by atoms with van der Waals surface area (Å²) in [5.41, 5.74) is 0.235. The molecule has 1 fully saturated rings. The third kappa shape index (κ3) is 3.21. The van der Waals surface area contributed by atoms with Gasteiger partial charge in [0.2, 0.25) is 0 Å². The third-order valence-corrected chi connectivity index (χ3v) is 5.54. The topological polar surface area (TPSA) is 54.5 Å². The summed E-state index contributed by atoms with van der Waals surface area (Å²) < 4.78 is 36.6. The summed E-state index contributed by atoms with van der Waals surface area (Å²) in [5.74, 6) is -0.425. The SMILES string of the molecule is Cc1c(C(=O)N2CC(C)C(C)C2)cc(F)cc1S(=O)(=O)Cl. The van der Waals surface area contributed by atoms with Crippen molar-refractivity contribution in [2.45, 2.75) is 25.7 Å². The summed E-state index contributed by atoms with van der Waals surface area (Å²) in [4.78, 5) is 13.8. The summed E-state index contributed by atoms with van der Waals surface area (Å²) in [6.45, 7) is 6.72. The Bertz CT molecular complexity index is 680. The molecule has 0 bridgehead atoms. The first-order valence-corrected chi connectivity index (χ1v) is 8.96. The Hall–Kier alpha value is -1.14. The van der Waals surface area contributed by atoms with Crippen LogP contribution in [0.5, 0.6) is 0 Å². The zero-order chi connectivity index (χ0) is 15.9. The van der Waals surface area contributed by atoms with E-state index in [0.717, 1.165) is 12.1 Å². The third-order valence-electron chi connectivity index (χ3n) is 4.09. The molecule has 0 radical (unpaired) electrons. The number of nitrogens with zero attached hydrogens (tertiary/aromatic N) is 1. The summed E-state index contributed by atoms with van der Waals surface area (Å²) in [7, 11) is 1.20. The summed E-state index contributed by atoms with van der Waals surface area (Å²) in [5, 5.41) is 0. The highest BCUT2D eigenvalue weighted by Crippen LogP contribution is 2.28. The van der Waals surface area contributed by atoms with Crippen LogP contribution in [0.25, 0.3) is 0 Å². The highest BCUT2D eigenvalue weighted by atomic mass is 35.7. The molecule has 2 atom stereocenters. The second-order valence-electron chi connectivity index (χ2n) is 5.68. The fourth-order valence-electron chi connectivity index (χ4n) is 2.60. The molecule has 21 heavy (non-hydrogen) atoms. The molecule has 0 aliphatic carbocycles. The first kappa shape index (κ1) is 16.2. The normalized spacial score (nSPS) is 22.6. The Morgan fingerprint density at radius 1 is 1.29 bits per heavy atom. The zero-order valence-electron chi connectivity index (χ0n) is 12.1. The average Bonchev–Trinajstić information content (AvgIpc) is 2.70. The number of halogens is 2. The van der Waals surface area contributed by atoms with Crippen LogP contribution in [0.15, 0.2) is 17.0 Å². The quantitative estimate of drug-likeness (QED) is 0.782. The van der Waals surface area contributed by atoms with Gasteiger partial charge in [-0.1, -0.05) is 13.8 Å². The fraction of sp³-hybridized carbons (Fsp3) is 0.500. The van der Waals surface area contributed by atoms with Gasteiger partial charge in [0.05, 0.1) is 4.90 Å². The van der Waals surface area contributed by atoms with Gasteiger partial charge in [0.25, 0.3) is 15.0 Å². The molecule has 1 aromatic carbocycles. The molecule has 2 unspecified atom stereocenters. The van der Waals surface area contributed by atoms with Gasteiger partial charge in [-0.3, -0.25) is 4.79 Å². The number of carbonyl (C=O) groups is 1. The van der Waals surface area contributed by atoms with Gasteiger partial charge in [-0.15, -0.1) is 0 Å². The van der Waals surface area contributed by atoms with Crippen LogP contribution < -0.4 is 0 Å². The summed E-state index contributed by atoms with van der Waals surface area (Å²) in [6.07, 6.45) is 0. The van der Waals surface area contributed by atoms with Gasteiger partial charge in [-0.2, -0.15) is 0 Å². The van der Waals surface area contributed by atoms with Crippen LogP contribution in [0.4, 0.5) is 4.39 Å². The maximum atomic E-state index is 13.6. The van der Waals surface area contributed by atoms with E-state index in [0.29, 0.717) is 24.9 Å². The van der Waals surface area contributed by atoms with Crippen molar-refractivity contribution in [2.24, 2.45) is 11.8 Å². The van der Waals surface area contributed by atoms with E-state index < -0.39 is 14.9 Å². The van der Waals surface area contributed by atoms with Crippen molar-refractivity contribution in [1.82, 2.24) is 4.90 Å². The maximum Gasteiger partial charge on any atom is 0.261 e. The van der Waals surface area contributed by atoms with Crippen LogP contribution in [-0.2, 0) is 9.05 Å². The monoisotopic (exact) mass is 333 g/mol. The molecule has 1 aliphatic rings. The highest BCUT2D eigenvalue weighted by Gasteiger charge is 2.31. The van der Waals surface area contributed by atoms with Crippen LogP contribution in [0.2, 0.25) is 0 Å². The number of rotatable bonds is 2. The van der Waals surface area contributed by atoms with E-state index in [9.17, 15) is 17.6 Å². The van der Waals surface area contributed by atoms with Crippen molar-refractivity contribution in [1.29, 1.82) is 0 Å². The Morgan fingerprint density at radius 2 is 1.81 bits per heavy atom. The number of amides is 1. The lowest BCUT2D eigenvalue weighted by molar-refractivity contribution is 0.0783. The Labute approximate surface area is 128 Å². The van der Waals surface area contributed by atoms with Crippen LogP contribution in [0.3, 0.4) is 0 Å². The molecule has 0 N–H and O–H groups in total. The van der Waals surface area contributed by atoms with Gasteiger partial charge in [0.1, 0.15) is 5.82 Å². The molecular weight excluding hydrogens is 317 g/mol. The molecule has 1 amide bonds. The number of carbonyl (C=O) groups excluding carboxylic acids is 1. The maximum absolute atomic E-state index is 13.6. The lowest BCUT2D eigenvalue weighted by Crippen LogP contribution is -2.29. The molecule has 1 heterocycles. The van der Waals surface area contributed by atoms with Crippen molar-refractivity contribution in [3.8, 4) is 0 Å². The minimum absolute atomic E-state index is 0.0514. The zero-order valence-corrected chi connectivity index (χ0v) is 13.6. The number of hydrogen-bond acceptors (Lipinski definition) is 3. The highest BCUT2D eigenvalue weighted by molar-refractivity contribution is 8.13. The van der Waals surface area contributed by atoms with Crippen LogP contribution in [0.1, 0.15) is 29.8 Å². The molecule has 1 aliphatic heterocycles. The van der Waals surface area contributed by atoms with Gasteiger partial charge in [-0.25, -0.2) is 12.8 Å². The first-order valence-electron chi connectivity index (χ1n) is 6.65. The number of hydrogen-bond donors (Lipinski definition) is 0. The van der Waals surface area contributed by atoms with Gasteiger partial charge in [0, 0.05) is 29.3 Å². The molecular formula is C14H17ClFNO3S. The lowest BCUT2D eigenvalue weighted by Gasteiger charge is -2.18. The minimum atomic E-state index is -4.10. The second-order valence-corrected chi connectivity index (χ2v) is 8.21. The first-order chi connectivity index (χ1) is 9.61. The summed E-state index contributed by atoms with van der Waals surface area (Å²) >= 11 is 0. The fourth-order valence-corrected chi connectivity index (χ4v) is 3.81. The molecule has 0 saturated carbocycles. The van der Waals surface area contributed by atoms with E-state index >= 15 is 0 Å². The Kier molecular flexibility index (Phi) is 4.31. The predicted octanol–water partition coefficient (Wildman–Crippen LogP) is 2.79. The summed E-state index contributed by atoms with van der Waals surface area (Å²) in [6, 6.07) is 1.90. The van der Waals surface area contributed by atoms with E-state index in [-0.39, 0.29) is 21.9 Å². The van der Waals surface area contributed by atoms with Gasteiger partial charge < -0.3 is 4.90 Å². The van der Waals surface area contributed by atoms with Crippen molar-refractivity contribution in [2.75, 3.05) is 13.1 Å². The van der Waals surface area contributed by atoms with E-state index in [2.05, 4.69) is 0 Å². The van der Waals surface area contributed by atoms with Gasteiger partial charge in [-0.05, 0) is 36.5 Å². The second kappa shape index (κ2) is 5.57. The van der Waals surface area contributed by atoms with Crippen LogP contribution in [0, 0.1) is 24.6 Å². The molecule has 1 saturated heterocycles. The van der Waals surface area contributed by atoms with Crippen molar-refractivity contribution in [3.05, 3.63) is 29.1 Å². The predicted molar refractivity (Wildman–Crippen MR) is 78.4 cm³/mol. The lowest BCUT2D eigenvalue weighted by atomic mass is 10.0. The van der Waals surface area contributed by atoms with Crippen molar-refractivity contribution < 1.29 is 17.6 Å². The van der Waals surface area contributed by atoms with Gasteiger partial charge >= 0.3 is 0 Å². The van der Waals surface area contributed by atoms with Crippen LogP contribution in [-0.4, -0.2) is 32.3 Å². The molecule has 4 nitrogen and oxygen atoms in total. The average molecular weight is 334 g/mol. The van der Waals surface area contributed by atoms with Crippen LogP contribution >= 0.6 is 10.7 Å². The molecule has 1 aromatic rings. The van der Waals surface area contributed by atoms with Crippen molar-refractivity contribution >= 4 is 25.6 Å². The van der Waals surface area contributed by atoms with Gasteiger partial charge in [0.15, 0.2) is 0 Å². The van der Waals surface area contributed by atoms with E-state index in [4.69, 9.17) is 10.7 Å². The van der Waals surface area contributed by atoms with E-state index in [1.165, 1.54) is 6.92 Å². The van der Waals surface area contributed by atoms with Crippen molar-refractivity contribution in [3.63, 3.8) is 0 Å². The van der Waals surface area contributed by atoms with E-state index in [1.54, 1.807) is 4.90 Å². The number of benzene rings is 1. The largest absolute Gasteiger partial charge is 0.338 e. The standard InChI is InChI=1S/C14H17ClFNO3S/c1-8-6-17(7-9(8)2)14(18)12-4-11(16)5-13(10(12)3)21(15,19)20/h4-5,8-9H,6-7H2,1-3H3. The smallest absolute Gasteiger partial charge is 0.261 e. The Morgan fingerprint density at radius 3 is 2.29 bits per heavy atom. The molecule has 0 aromatic heterocycles. The molecule has 0 spiro atoms. The van der Waals surface area contributed by atoms with E-state index in [1.807, 2.05) is 13.8 Å². The Balaban J connectivity index is 2.45. The minimum Gasteiger partial charge on any atom is -0.338 e. The molecule has 2 rings (SSSR count). The molecule has 116 valence electrons.